The highest BCUT2D eigenvalue weighted by atomic mass is 79.9. The van der Waals surface area contributed by atoms with Gasteiger partial charge in [-0.25, -0.2) is 0 Å². The van der Waals surface area contributed by atoms with E-state index < -0.39 is 0 Å². The Hall–Kier alpha value is -0.0600. The maximum Gasteiger partial charge on any atom is 0.0522 e. The highest BCUT2D eigenvalue weighted by Gasteiger charge is 2.24. The van der Waals surface area contributed by atoms with Crippen LogP contribution in [0.25, 0.3) is 0 Å². The number of nitrogens with zero attached hydrogens (tertiary/aromatic N) is 1. The van der Waals surface area contributed by atoms with E-state index in [9.17, 15) is 0 Å². The van der Waals surface area contributed by atoms with Gasteiger partial charge in [-0.15, -0.1) is 0 Å². The molecule has 0 bridgehead atoms. The molecule has 1 saturated heterocycles. The number of nitrogens with two attached hydrogens (primary N) is 1. The Labute approximate surface area is 113 Å². The summed E-state index contributed by atoms with van der Waals surface area (Å²) < 4.78 is 2.27. The van der Waals surface area contributed by atoms with Crippen molar-refractivity contribution in [2.75, 3.05) is 18.0 Å². The van der Waals surface area contributed by atoms with Gasteiger partial charge in [0.05, 0.1) is 5.69 Å². The van der Waals surface area contributed by atoms with Gasteiger partial charge in [-0.2, -0.15) is 0 Å². The Kier molecular flexibility index (Phi) is 3.93. The minimum Gasteiger partial charge on any atom is -0.370 e. The van der Waals surface area contributed by atoms with Crippen molar-refractivity contribution in [1.29, 1.82) is 0 Å². The van der Waals surface area contributed by atoms with Crippen molar-refractivity contribution in [3.05, 3.63) is 27.1 Å². The molecule has 1 heterocycles. The van der Waals surface area contributed by atoms with Crippen molar-refractivity contribution in [2.24, 2.45) is 11.7 Å². The molecule has 0 amide bonds. The fourth-order valence-electron chi connectivity index (χ4n) is 2.11. The summed E-state index contributed by atoms with van der Waals surface area (Å²) in [5.74, 6) is 0.555. The Balaban J connectivity index is 2.21. The molecule has 1 aliphatic rings. The van der Waals surface area contributed by atoms with Crippen LogP contribution in [0, 0.1) is 5.92 Å². The van der Waals surface area contributed by atoms with E-state index >= 15 is 0 Å². The predicted octanol–water partition coefficient (Wildman–Crippen LogP) is 3.39. The third kappa shape index (κ3) is 2.60. The summed E-state index contributed by atoms with van der Waals surface area (Å²) in [6, 6.07) is 6.64. The van der Waals surface area contributed by atoms with Gasteiger partial charge in [-0.3, -0.25) is 0 Å². The topological polar surface area (TPSA) is 29.3 Å². The largest absolute Gasteiger partial charge is 0.370 e. The Morgan fingerprint density at radius 1 is 1.38 bits per heavy atom. The Morgan fingerprint density at radius 3 is 2.81 bits per heavy atom. The van der Waals surface area contributed by atoms with Crippen LogP contribution in [-0.2, 0) is 0 Å². The lowest BCUT2D eigenvalue weighted by Gasteiger charge is -2.37. The lowest BCUT2D eigenvalue weighted by molar-refractivity contribution is 0.382. The summed E-state index contributed by atoms with van der Waals surface area (Å²) in [6.07, 6.45) is 1.07. The molecule has 4 heteroatoms. The molecular weight excluding hydrogens is 332 g/mol. The average Bonchev–Trinajstić information content (AvgIpc) is 2.26. The highest BCUT2D eigenvalue weighted by Crippen LogP contribution is 2.32. The fourth-order valence-corrected chi connectivity index (χ4v) is 2.96. The van der Waals surface area contributed by atoms with E-state index in [1.165, 1.54) is 5.69 Å². The molecular formula is C12H16Br2N2. The van der Waals surface area contributed by atoms with Crippen LogP contribution >= 0.6 is 31.9 Å². The molecule has 2 nitrogen and oxygen atoms in total. The number of piperidine rings is 1. The molecule has 0 saturated carbocycles. The minimum absolute atomic E-state index is 0.349. The normalized spacial score (nSPS) is 25.9. The zero-order chi connectivity index (χ0) is 11.7. The molecule has 0 spiro atoms. The van der Waals surface area contributed by atoms with Gasteiger partial charge < -0.3 is 10.6 Å². The lowest BCUT2D eigenvalue weighted by atomic mass is 9.94. The number of hydrogen-bond acceptors (Lipinski definition) is 2. The lowest BCUT2D eigenvalue weighted by Crippen LogP contribution is -2.46. The molecule has 1 aliphatic heterocycles. The van der Waals surface area contributed by atoms with Gasteiger partial charge in [0.15, 0.2) is 0 Å². The van der Waals surface area contributed by atoms with Gasteiger partial charge in [0.25, 0.3) is 0 Å². The zero-order valence-electron chi connectivity index (χ0n) is 9.29. The van der Waals surface area contributed by atoms with Gasteiger partial charge in [-0.05, 0) is 46.5 Å². The van der Waals surface area contributed by atoms with Gasteiger partial charge in [0.2, 0.25) is 0 Å². The monoisotopic (exact) mass is 346 g/mol. The second-order valence-electron chi connectivity index (χ2n) is 4.47. The van der Waals surface area contributed by atoms with Crippen LogP contribution in [-0.4, -0.2) is 19.1 Å². The van der Waals surface area contributed by atoms with Gasteiger partial charge in [-0.1, -0.05) is 22.9 Å². The standard InChI is InChI=1S/C12H16Br2N2/c1-8-7-16(5-4-11(8)15)12-6-9(13)2-3-10(12)14/h2-3,6,8,11H,4-5,7,15H2,1H3. The number of anilines is 1. The third-order valence-electron chi connectivity index (χ3n) is 3.22. The molecule has 2 unspecified atom stereocenters. The van der Waals surface area contributed by atoms with Crippen LogP contribution in [0.3, 0.4) is 0 Å². The van der Waals surface area contributed by atoms with Gasteiger partial charge in [0.1, 0.15) is 0 Å². The highest BCUT2D eigenvalue weighted by molar-refractivity contribution is 9.11. The SMILES string of the molecule is CC1CN(c2cc(Br)ccc2Br)CCC1N. The van der Waals surface area contributed by atoms with Crippen molar-refractivity contribution < 1.29 is 0 Å². The molecule has 2 rings (SSSR count). The first-order valence-corrected chi connectivity index (χ1v) is 7.12. The Bertz CT molecular complexity index is 381. The Morgan fingerprint density at radius 2 is 2.12 bits per heavy atom. The van der Waals surface area contributed by atoms with Crippen LogP contribution in [0.4, 0.5) is 5.69 Å². The summed E-state index contributed by atoms with van der Waals surface area (Å²) >= 11 is 7.12. The van der Waals surface area contributed by atoms with Crippen LogP contribution in [0.2, 0.25) is 0 Å². The second kappa shape index (κ2) is 5.07. The molecule has 88 valence electrons. The number of halogens is 2. The molecule has 2 N–H and O–H groups in total. The molecule has 16 heavy (non-hydrogen) atoms. The third-order valence-corrected chi connectivity index (χ3v) is 4.38. The van der Waals surface area contributed by atoms with Crippen molar-refractivity contribution in [3.63, 3.8) is 0 Å². The maximum absolute atomic E-state index is 6.04. The minimum atomic E-state index is 0.349. The number of benzene rings is 1. The fraction of sp³-hybridized carbons (Fsp3) is 0.500. The summed E-state index contributed by atoms with van der Waals surface area (Å²) in [5, 5.41) is 0. The number of hydrogen-bond donors (Lipinski definition) is 1. The van der Waals surface area contributed by atoms with Crippen molar-refractivity contribution in [1.82, 2.24) is 0 Å². The quantitative estimate of drug-likeness (QED) is 0.843. The van der Waals surface area contributed by atoms with Crippen molar-refractivity contribution >= 4 is 37.5 Å². The molecule has 0 radical (unpaired) electrons. The second-order valence-corrected chi connectivity index (χ2v) is 6.24. The number of rotatable bonds is 1. The maximum atomic E-state index is 6.04. The van der Waals surface area contributed by atoms with E-state index in [1.807, 2.05) is 6.07 Å². The zero-order valence-corrected chi connectivity index (χ0v) is 12.5. The summed E-state index contributed by atoms with van der Waals surface area (Å²) in [6.45, 7) is 4.31. The van der Waals surface area contributed by atoms with Crippen LogP contribution < -0.4 is 10.6 Å². The first-order valence-electron chi connectivity index (χ1n) is 5.53. The smallest absolute Gasteiger partial charge is 0.0522 e. The first-order chi connectivity index (χ1) is 7.58. The van der Waals surface area contributed by atoms with E-state index in [0.29, 0.717) is 12.0 Å². The predicted molar refractivity (Wildman–Crippen MR) is 75.8 cm³/mol. The molecule has 1 fully saturated rings. The molecule has 0 aliphatic carbocycles. The van der Waals surface area contributed by atoms with Crippen LogP contribution in [0.1, 0.15) is 13.3 Å². The summed E-state index contributed by atoms with van der Waals surface area (Å²) in [4.78, 5) is 2.41. The summed E-state index contributed by atoms with van der Waals surface area (Å²) in [7, 11) is 0. The van der Waals surface area contributed by atoms with Crippen LogP contribution in [0.5, 0.6) is 0 Å². The summed E-state index contributed by atoms with van der Waals surface area (Å²) in [5.41, 5.74) is 7.30. The van der Waals surface area contributed by atoms with Crippen LogP contribution in [0.15, 0.2) is 27.1 Å². The van der Waals surface area contributed by atoms with E-state index in [1.54, 1.807) is 0 Å². The van der Waals surface area contributed by atoms with E-state index in [2.05, 4.69) is 55.8 Å². The van der Waals surface area contributed by atoms with Gasteiger partial charge in [0, 0.05) is 28.1 Å². The van der Waals surface area contributed by atoms with E-state index in [-0.39, 0.29) is 0 Å². The average molecular weight is 348 g/mol. The van der Waals surface area contributed by atoms with Gasteiger partial charge >= 0.3 is 0 Å². The van der Waals surface area contributed by atoms with Crippen molar-refractivity contribution in [3.8, 4) is 0 Å². The van der Waals surface area contributed by atoms with E-state index in [4.69, 9.17) is 5.73 Å². The van der Waals surface area contributed by atoms with E-state index in [0.717, 1.165) is 28.5 Å². The molecule has 2 atom stereocenters. The molecule has 1 aromatic rings. The molecule has 0 aromatic heterocycles. The molecule has 1 aromatic carbocycles. The first kappa shape index (κ1) is 12.4. The van der Waals surface area contributed by atoms with Crippen molar-refractivity contribution in [2.45, 2.75) is 19.4 Å².